The fraction of sp³-hybridized carbons (Fsp3) is 0.143. The molecule has 0 saturated heterocycles. The molecule has 2 aromatic carbocycles. The first-order chi connectivity index (χ1) is 8.70. The van der Waals surface area contributed by atoms with E-state index in [2.05, 4.69) is 88.8 Å². The smallest absolute Gasteiger partial charge is 0.0492 e. The van der Waals surface area contributed by atoms with Gasteiger partial charge in [-0.25, -0.2) is 0 Å². The van der Waals surface area contributed by atoms with Crippen molar-refractivity contribution in [1.29, 1.82) is 0 Å². The standard InChI is InChI=1S/C14H10Br3N/c15-5-6-18-13-3-1-9(16)7-11(13)12-8-10(17)2-4-14(12)18/h1-4,7-8H,5-6H2. The molecule has 0 atom stereocenters. The summed E-state index contributed by atoms with van der Waals surface area (Å²) in [5.74, 6) is 0. The highest BCUT2D eigenvalue weighted by atomic mass is 79.9. The van der Waals surface area contributed by atoms with E-state index >= 15 is 0 Å². The van der Waals surface area contributed by atoms with Crippen molar-refractivity contribution in [2.75, 3.05) is 5.33 Å². The number of nitrogens with zero attached hydrogens (tertiary/aromatic N) is 1. The van der Waals surface area contributed by atoms with E-state index in [1.54, 1.807) is 0 Å². The van der Waals surface area contributed by atoms with Gasteiger partial charge in [-0.05, 0) is 36.4 Å². The van der Waals surface area contributed by atoms with Gasteiger partial charge in [-0.3, -0.25) is 0 Å². The lowest BCUT2D eigenvalue weighted by atomic mass is 10.2. The zero-order chi connectivity index (χ0) is 12.7. The zero-order valence-corrected chi connectivity index (χ0v) is 14.2. The van der Waals surface area contributed by atoms with Gasteiger partial charge >= 0.3 is 0 Å². The molecule has 0 amide bonds. The Balaban J connectivity index is 2.48. The number of aryl methyl sites for hydroxylation is 1. The highest BCUT2D eigenvalue weighted by Gasteiger charge is 2.10. The number of alkyl halides is 1. The van der Waals surface area contributed by atoms with E-state index in [1.807, 2.05) is 0 Å². The molecule has 1 heterocycles. The average molecular weight is 432 g/mol. The third-order valence-corrected chi connectivity index (χ3v) is 4.44. The van der Waals surface area contributed by atoms with Crippen molar-refractivity contribution in [2.24, 2.45) is 0 Å². The maximum absolute atomic E-state index is 3.55. The molecule has 1 aromatic heterocycles. The summed E-state index contributed by atoms with van der Waals surface area (Å²) in [6.07, 6.45) is 0. The molecule has 0 saturated carbocycles. The highest BCUT2D eigenvalue weighted by molar-refractivity contribution is 9.10. The SMILES string of the molecule is BrCCn1c2ccc(Br)cc2c2cc(Br)ccc21. The number of fused-ring (bicyclic) bond motifs is 3. The van der Waals surface area contributed by atoms with E-state index in [0.29, 0.717) is 0 Å². The molecule has 0 fully saturated rings. The molecule has 0 bridgehead atoms. The van der Waals surface area contributed by atoms with Gasteiger partial charge < -0.3 is 4.57 Å². The van der Waals surface area contributed by atoms with E-state index in [9.17, 15) is 0 Å². The minimum Gasteiger partial charge on any atom is -0.340 e. The van der Waals surface area contributed by atoms with Crippen LogP contribution in [0.15, 0.2) is 45.3 Å². The number of hydrogen-bond acceptors (Lipinski definition) is 0. The molecule has 0 spiro atoms. The third kappa shape index (κ3) is 2.04. The summed E-state index contributed by atoms with van der Waals surface area (Å²) >= 11 is 10.6. The van der Waals surface area contributed by atoms with Crippen molar-refractivity contribution < 1.29 is 0 Å². The van der Waals surface area contributed by atoms with Crippen LogP contribution in [-0.2, 0) is 6.54 Å². The Kier molecular flexibility index (Phi) is 3.52. The first-order valence-corrected chi connectivity index (χ1v) is 8.34. The minimum atomic E-state index is 0.956. The molecule has 92 valence electrons. The van der Waals surface area contributed by atoms with Gasteiger partial charge in [0, 0.05) is 42.6 Å². The lowest BCUT2D eigenvalue weighted by Crippen LogP contribution is -1.97. The maximum atomic E-state index is 3.55. The average Bonchev–Trinajstić information content (AvgIpc) is 2.64. The fourth-order valence-corrected chi connectivity index (χ4v) is 3.45. The van der Waals surface area contributed by atoms with Gasteiger partial charge in [-0.1, -0.05) is 47.8 Å². The molecule has 0 N–H and O–H groups in total. The van der Waals surface area contributed by atoms with Crippen molar-refractivity contribution in [1.82, 2.24) is 4.57 Å². The van der Waals surface area contributed by atoms with Crippen LogP contribution in [0.3, 0.4) is 0 Å². The summed E-state index contributed by atoms with van der Waals surface area (Å²) < 4.78 is 4.60. The third-order valence-electron chi connectivity index (χ3n) is 3.10. The van der Waals surface area contributed by atoms with E-state index in [0.717, 1.165) is 20.8 Å². The molecule has 0 aliphatic rings. The predicted molar refractivity (Wildman–Crippen MR) is 88.6 cm³/mol. The van der Waals surface area contributed by atoms with Crippen LogP contribution in [0.5, 0.6) is 0 Å². The van der Waals surface area contributed by atoms with Crippen molar-refractivity contribution >= 4 is 69.6 Å². The van der Waals surface area contributed by atoms with E-state index < -0.39 is 0 Å². The highest BCUT2D eigenvalue weighted by Crippen LogP contribution is 2.32. The summed E-state index contributed by atoms with van der Waals surface area (Å²) in [5.41, 5.74) is 2.57. The Morgan fingerprint density at radius 1 is 0.833 bits per heavy atom. The largest absolute Gasteiger partial charge is 0.340 e. The van der Waals surface area contributed by atoms with Gasteiger partial charge in [0.05, 0.1) is 0 Å². The molecular formula is C14H10Br3N. The molecule has 0 radical (unpaired) electrons. The number of hydrogen-bond donors (Lipinski definition) is 0. The van der Waals surface area contributed by atoms with Gasteiger partial charge in [0.25, 0.3) is 0 Å². The Morgan fingerprint density at radius 2 is 1.33 bits per heavy atom. The van der Waals surface area contributed by atoms with Crippen molar-refractivity contribution in [3.05, 3.63) is 45.3 Å². The molecule has 3 aromatic rings. The van der Waals surface area contributed by atoms with Crippen LogP contribution in [-0.4, -0.2) is 9.90 Å². The van der Waals surface area contributed by atoms with Crippen molar-refractivity contribution in [3.8, 4) is 0 Å². The Labute approximate surface area is 131 Å². The first kappa shape index (κ1) is 12.7. The van der Waals surface area contributed by atoms with E-state index in [-0.39, 0.29) is 0 Å². The van der Waals surface area contributed by atoms with Crippen LogP contribution in [0.1, 0.15) is 0 Å². The predicted octanol–water partition coefficient (Wildman–Crippen LogP) is 5.71. The lowest BCUT2D eigenvalue weighted by molar-refractivity contribution is 0.843. The second-order valence-electron chi connectivity index (χ2n) is 4.16. The quantitative estimate of drug-likeness (QED) is 0.458. The molecule has 1 nitrogen and oxygen atoms in total. The molecule has 4 heteroatoms. The van der Waals surface area contributed by atoms with Crippen LogP contribution in [0, 0.1) is 0 Å². The molecule has 0 aliphatic carbocycles. The lowest BCUT2D eigenvalue weighted by Gasteiger charge is -2.04. The molecular weight excluding hydrogens is 422 g/mol. The van der Waals surface area contributed by atoms with Crippen LogP contribution >= 0.6 is 47.8 Å². The van der Waals surface area contributed by atoms with E-state index in [4.69, 9.17) is 0 Å². The summed E-state index contributed by atoms with van der Waals surface area (Å²) in [6.45, 7) is 0.975. The molecule has 0 aliphatic heterocycles. The van der Waals surface area contributed by atoms with Gasteiger partial charge in [0.2, 0.25) is 0 Å². The van der Waals surface area contributed by atoms with E-state index in [1.165, 1.54) is 21.8 Å². The van der Waals surface area contributed by atoms with Gasteiger partial charge in [-0.2, -0.15) is 0 Å². The summed E-state index contributed by atoms with van der Waals surface area (Å²) in [4.78, 5) is 0. The van der Waals surface area contributed by atoms with Gasteiger partial charge in [-0.15, -0.1) is 0 Å². The molecule has 0 unspecified atom stereocenters. The minimum absolute atomic E-state index is 0.956. The van der Waals surface area contributed by atoms with Crippen LogP contribution in [0.4, 0.5) is 0 Å². The first-order valence-electron chi connectivity index (χ1n) is 5.63. The number of aromatic nitrogens is 1. The van der Waals surface area contributed by atoms with Crippen LogP contribution in [0.2, 0.25) is 0 Å². The zero-order valence-electron chi connectivity index (χ0n) is 9.46. The van der Waals surface area contributed by atoms with Crippen LogP contribution < -0.4 is 0 Å². The van der Waals surface area contributed by atoms with Gasteiger partial charge in [0.15, 0.2) is 0 Å². The second-order valence-corrected chi connectivity index (χ2v) is 6.79. The molecule has 18 heavy (non-hydrogen) atoms. The Bertz CT molecular complexity index is 671. The number of benzene rings is 2. The Morgan fingerprint density at radius 3 is 1.78 bits per heavy atom. The Hall–Kier alpha value is -0.320. The summed E-state index contributed by atoms with van der Waals surface area (Å²) in [6, 6.07) is 12.9. The topological polar surface area (TPSA) is 4.93 Å². The normalized spacial score (nSPS) is 11.5. The monoisotopic (exact) mass is 429 g/mol. The van der Waals surface area contributed by atoms with Gasteiger partial charge in [0.1, 0.15) is 0 Å². The maximum Gasteiger partial charge on any atom is 0.0492 e. The number of rotatable bonds is 2. The van der Waals surface area contributed by atoms with Crippen molar-refractivity contribution in [3.63, 3.8) is 0 Å². The fourth-order valence-electron chi connectivity index (χ4n) is 2.37. The molecule has 3 rings (SSSR count). The van der Waals surface area contributed by atoms with Crippen LogP contribution in [0.25, 0.3) is 21.8 Å². The summed E-state index contributed by atoms with van der Waals surface area (Å²) in [7, 11) is 0. The second kappa shape index (κ2) is 4.99. The summed E-state index contributed by atoms with van der Waals surface area (Å²) in [5, 5.41) is 3.54. The number of halogens is 3. The van der Waals surface area contributed by atoms with Crippen molar-refractivity contribution in [2.45, 2.75) is 6.54 Å².